The van der Waals surface area contributed by atoms with Gasteiger partial charge in [0.2, 0.25) is 0 Å². The zero-order valence-corrected chi connectivity index (χ0v) is 19.6. The number of fused-ring (bicyclic) bond motifs is 1. The third kappa shape index (κ3) is 4.08. The quantitative estimate of drug-likeness (QED) is 0.555. The van der Waals surface area contributed by atoms with Crippen molar-refractivity contribution < 1.29 is 22.4 Å². The van der Waals surface area contributed by atoms with Crippen LogP contribution in [-0.4, -0.2) is 97.9 Å². The molecule has 0 unspecified atom stereocenters. The number of phenols is 2. The van der Waals surface area contributed by atoms with E-state index < -0.39 is 22.0 Å². The molecule has 25 heavy (non-hydrogen) atoms. The Labute approximate surface area is 197 Å². The predicted octanol–water partition coefficient (Wildman–Crippen LogP) is 1.39. The minimum absolute atomic E-state index is 0. The Hall–Kier alpha value is -0.535. The van der Waals surface area contributed by atoms with Crippen LogP contribution in [0.15, 0.2) is 45.8 Å². The topological polar surface area (TPSA) is 89.1 Å². The molecule has 0 aliphatic carbocycles. The van der Waals surface area contributed by atoms with Crippen LogP contribution in [0.4, 0.5) is 0 Å². The largest absolute Gasteiger partial charge is 0 e. The molecule has 0 atom stereocenters. The van der Waals surface area contributed by atoms with Gasteiger partial charge in [0.05, 0.1) is 0 Å². The van der Waals surface area contributed by atoms with Gasteiger partial charge in [0.15, 0.2) is 0 Å². The molecule has 0 amide bonds. The van der Waals surface area contributed by atoms with E-state index in [0.29, 0.717) is 25.6 Å². The first kappa shape index (κ1) is 20.8. The van der Waals surface area contributed by atoms with E-state index in [2.05, 4.69) is 0 Å². The Morgan fingerprint density at radius 1 is 1.08 bits per heavy atom. The van der Waals surface area contributed by atoms with Crippen LogP contribution in [0, 0.1) is 0 Å². The van der Waals surface area contributed by atoms with Crippen molar-refractivity contribution in [1.29, 1.82) is 0 Å². The van der Waals surface area contributed by atoms with Gasteiger partial charge in [0.25, 0.3) is 0 Å². The molecule has 0 spiro atoms. The van der Waals surface area contributed by atoms with Gasteiger partial charge in [-0.25, -0.2) is 0 Å². The first-order chi connectivity index (χ1) is 11.6. The van der Waals surface area contributed by atoms with E-state index >= 15 is 0 Å². The van der Waals surface area contributed by atoms with Crippen LogP contribution in [0.2, 0.25) is 0 Å². The molecule has 3 rings (SSSR count). The Balaban J connectivity index is 0.00000225. The van der Waals surface area contributed by atoms with Crippen molar-refractivity contribution in [2.24, 2.45) is 0 Å². The molecule has 0 aliphatic heterocycles. The maximum Gasteiger partial charge on any atom is 0 e. The predicted molar refractivity (Wildman–Crippen MR) is 96.0 cm³/mol. The van der Waals surface area contributed by atoms with Gasteiger partial charge in [-0.15, -0.1) is 0 Å². The van der Waals surface area contributed by atoms with E-state index in [-0.39, 0.29) is 74.1 Å². The number of benzene rings is 2. The van der Waals surface area contributed by atoms with Gasteiger partial charge < -0.3 is 0 Å². The number of aromatic hydroxyl groups is 2. The second kappa shape index (κ2) is 8.91. The van der Waals surface area contributed by atoms with E-state index in [1.165, 1.54) is 31.6 Å². The summed E-state index contributed by atoms with van der Waals surface area (Å²) in [7, 11) is 3.00. The van der Waals surface area contributed by atoms with Gasteiger partial charge in [-0.2, -0.15) is 0 Å². The van der Waals surface area contributed by atoms with Gasteiger partial charge in [0, 0.05) is 51.4 Å². The van der Waals surface area contributed by atoms with Gasteiger partial charge in [0.1, 0.15) is 0 Å². The van der Waals surface area contributed by atoms with Gasteiger partial charge in [-0.05, 0) is 0 Å². The maximum atomic E-state index is 12.8. The normalized spacial score (nSPS) is 10.5. The zero-order chi connectivity index (χ0) is 17.3. The molecule has 8 heteroatoms. The summed E-state index contributed by atoms with van der Waals surface area (Å²) >= 11 is -1.30. The molecule has 124 valence electrons. The van der Waals surface area contributed by atoms with Crippen LogP contribution in [0.3, 0.4) is 0 Å². The second-order valence-corrected chi connectivity index (χ2v) is 7.79. The molecule has 2 N–H and O–H groups in total. The fraction of sp³-hybridized carbons (Fsp3) is 0.118. The number of phenolic OH excluding ortho intramolecular Hbond substituents is 2. The molecule has 0 bridgehead atoms. The Morgan fingerprint density at radius 2 is 1.80 bits per heavy atom. The fourth-order valence-electron chi connectivity index (χ4n) is 2.40. The molecule has 6 nitrogen and oxygen atoms in total. The summed E-state index contributed by atoms with van der Waals surface area (Å²) in [6.45, 7) is 0. The van der Waals surface area contributed by atoms with E-state index in [0.717, 1.165) is 0 Å². The number of hydrogen-bond donors (Lipinski definition) is 2. The Kier molecular flexibility index (Phi) is 7.40. The molecule has 0 saturated carbocycles. The first-order valence-electron chi connectivity index (χ1n) is 6.96. The van der Waals surface area contributed by atoms with Crippen molar-refractivity contribution in [3.63, 3.8) is 0 Å². The summed E-state index contributed by atoms with van der Waals surface area (Å²) in [5.41, 5.74) is 1.04. The third-order valence-corrected chi connectivity index (χ3v) is 5.84. The minimum Gasteiger partial charge on any atom is 0 e. The fourth-order valence-corrected chi connectivity index (χ4v) is 4.13. The maximum absolute atomic E-state index is 12.8. The summed E-state index contributed by atoms with van der Waals surface area (Å²) in [6, 6.07) is 7.65. The molecule has 0 fully saturated rings. The van der Waals surface area contributed by atoms with Crippen LogP contribution in [0.25, 0.3) is 22.1 Å². The monoisotopic (exact) mass is 474 g/mol. The van der Waals surface area contributed by atoms with Crippen molar-refractivity contribution in [2.75, 3.05) is 14.2 Å². The summed E-state index contributed by atoms with van der Waals surface area (Å²) in [5, 5.41) is 20.0. The third-order valence-electron chi connectivity index (χ3n) is 3.57. The SMILES string of the molecule is C[O][Sb][c]1c(O)ccc2c(=O)c(-c3ccc(O)c(OC)c3)coc12.[K]. The van der Waals surface area contributed by atoms with E-state index in [9.17, 15) is 15.0 Å². The zero-order valence-electron chi connectivity index (χ0n) is 13.9. The van der Waals surface area contributed by atoms with Crippen LogP contribution in [0.5, 0.6) is 17.2 Å². The Morgan fingerprint density at radius 3 is 2.48 bits per heavy atom. The van der Waals surface area contributed by atoms with E-state index in [4.69, 9.17) is 12.2 Å². The van der Waals surface area contributed by atoms with Crippen molar-refractivity contribution in [2.45, 2.75) is 0 Å². The van der Waals surface area contributed by atoms with Crippen LogP contribution in [-0.2, 0) is 3.02 Å². The molecular formula is C17H14KO6Sb. The molecule has 1 aromatic heterocycles. The summed E-state index contributed by atoms with van der Waals surface area (Å²) in [5.74, 6) is 0.333. The van der Waals surface area contributed by atoms with Crippen molar-refractivity contribution >= 4 is 87.9 Å². The number of ether oxygens (including phenoxy) is 1. The summed E-state index contributed by atoms with van der Waals surface area (Å²) in [6.07, 6.45) is 1.35. The first-order valence-corrected chi connectivity index (χ1v) is 9.27. The van der Waals surface area contributed by atoms with Gasteiger partial charge in [-0.3, -0.25) is 0 Å². The molecule has 0 aliphatic rings. The van der Waals surface area contributed by atoms with Crippen LogP contribution < -0.4 is 13.7 Å². The summed E-state index contributed by atoms with van der Waals surface area (Å²) in [4.78, 5) is 12.8. The number of methoxy groups -OCH3 is 1. The van der Waals surface area contributed by atoms with Crippen molar-refractivity contribution in [3.8, 4) is 28.4 Å². The molecule has 2 aromatic carbocycles. The van der Waals surface area contributed by atoms with E-state index in [1.807, 2.05) is 0 Å². The second-order valence-electron chi connectivity index (χ2n) is 4.95. The summed E-state index contributed by atoms with van der Waals surface area (Å²) < 4.78 is 16.5. The van der Waals surface area contributed by atoms with Crippen LogP contribution >= 0.6 is 0 Å². The molecular weight excluding hydrogens is 461 g/mol. The van der Waals surface area contributed by atoms with Gasteiger partial charge >= 0.3 is 148 Å². The average Bonchev–Trinajstić information content (AvgIpc) is 2.58. The van der Waals surface area contributed by atoms with Crippen LogP contribution in [0.1, 0.15) is 0 Å². The average molecular weight is 475 g/mol. The van der Waals surface area contributed by atoms with Crippen molar-refractivity contribution in [1.82, 2.24) is 0 Å². The molecule has 0 saturated heterocycles. The smallest absolute Gasteiger partial charge is 0 e. The van der Waals surface area contributed by atoms with Gasteiger partial charge in [-0.1, -0.05) is 0 Å². The number of rotatable bonds is 4. The molecule has 3 aromatic rings. The van der Waals surface area contributed by atoms with E-state index in [1.54, 1.807) is 19.2 Å². The van der Waals surface area contributed by atoms with Crippen molar-refractivity contribution in [3.05, 3.63) is 46.8 Å². The Bertz CT molecular complexity index is 969. The number of hydrogen-bond acceptors (Lipinski definition) is 6. The minimum atomic E-state index is -1.30. The standard InChI is InChI=1S/C16H11O5.CH3O.K.Sb/c1-20-15-6-9(2-5-13(15)18)12-8-21-14-7-10(17)3-4-11(14)16(12)19;1-2;;/h2-6,8,17-18H,1H3;1H3;;/q;-1;;+1. The molecule has 2 radical (unpaired) electrons. The molecule has 1 heterocycles.